The molecule has 1 aromatic carbocycles. The van der Waals surface area contributed by atoms with E-state index in [-0.39, 0.29) is 17.9 Å². The molecule has 0 saturated heterocycles. The fourth-order valence-electron chi connectivity index (χ4n) is 2.68. The summed E-state index contributed by atoms with van der Waals surface area (Å²) in [4.78, 5) is 14.6. The van der Waals surface area contributed by atoms with Gasteiger partial charge in [0, 0.05) is 18.5 Å². The third-order valence-corrected chi connectivity index (χ3v) is 6.48. The quantitative estimate of drug-likeness (QED) is 0.657. The second kappa shape index (κ2) is 8.21. The Morgan fingerprint density at radius 1 is 1.28 bits per heavy atom. The van der Waals surface area contributed by atoms with Crippen molar-refractivity contribution in [1.29, 1.82) is 0 Å². The highest BCUT2D eigenvalue weighted by atomic mass is 32.2. The molecule has 1 saturated carbocycles. The van der Waals surface area contributed by atoms with Crippen LogP contribution in [0.15, 0.2) is 24.3 Å². The van der Waals surface area contributed by atoms with Crippen molar-refractivity contribution >= 4 is 16.0 Å². The third kappa shape index (κ3) is 4.97. The van der Waals surface area contributed by atoms with Crippen LogP contribution in [-0.4, -0.2) is 30.5 Å². The predicted molar refractivity (Wildman–Crippen MR) is 98.8 cm³/mol. The van der Waals surface area contributed by atoms with Gasteiger partial charge in [0.25, 0.3) is 0 Å². The van der Waals surface area contributed by atoms with Gasteiger partial charge in [0.2, 0.25) is 5.91 Å². The Bertz CT molecular complexity index is 695. The lowest BCUT2D eigenvalue weighted by atomic mass is 9.84. The van der Waals surface area contributed by atoms with E-state index in [2.05, 4.69) is 13.8 Å². The molecule has 6 heteroatoms. The first-order valence-electron chi connectivity index (χ1n) is 9.07. The van der Waals surface area contributed by atoms with Gasteiger partial charge in [-0.05, 0) is 57.7 Å². The van der Waals surface area contributed by atoms with Gasteiger partial charge in [0.15, 0.2) is 0 Å². The minimum absolute atomic E-state index is 0.148. The summed E-state index contributed by atoms with van der Waals surface area (Å²) in [5.74, 6) is 0.655. The lowest BCUT2D eigenvalue weighted by molar-refractivity contribution is -0.141. The molecule has 1 atom stereocenters. The number of carbonyl (C=O) groups excluding carboxylic acids is 1. The van der Waals surface area contributed by atoms with Gasteiger partial charge in [-0.25, -0.2) is 0 Å². The van der Waals surface area contributed by atoms with Gasteiger partial charge in [-0.1, -0.05) is 25.5 Å². The summed E-state index contributed by atoms with van der Waals surface area (Å²) in [6.07, 6.45) is 3.96. The second-order valence-corrected chi connectivity index (χ2v) is 9.22. The fraction of sp³-hybridized carbons (Fsp3) is 0.632. The van der Waals surface area contributed by atoms with E-state index in [1.807, 2.05) is 11.0 Å². The minimum atomic E-state index is -3.62. The first-order chi connectivity index (χ1) is 11.7. The molecule has 0 radical (unpaired) electrons. The maximum absolute atomic E-state index is 12.7. The number of hydrogen-bond donors (Lipinski definition) is 0. The molecule has 0 bridgehead atoms. The molecule has 5 nitrogen and oxygen atoms in total. The Morgan fingerprint density at radius 2 is 1.96 bits per heavy atom. The zero-order chi connectivity index (χ0) is 18.6. The Labute approximate surface area is 151 Å². The molecule has 1 aliphatic carbocycles. The zero-order valence-corrected chi connectivity index (χ0v) is 16.4. The molecule has 1 fully saturated rings. The molecule has 1 aromatic rings. The fourth-order valence-corrected chi connectivity index (χ4v) is 3.25. The molecule has 2 rings (SSSR count). The highest BCUT2D eigenvalue weighted by molar-refractivity contribution is 7.87. The standard InChI is InChI=1S/C19H29NO4S/c1-5-15(4)20(19(21)17-9-7-10-17)13-16-8-6-11-18(12-16)24-25(22,23)14(2)3/h6,8,11-12,14-15,17H,5,7,9-10,13H2,1-4H3/t15-/m1/s1. The first kappa shape index (κ1) is 19.8. The van der Waals surface area contributed by atoms with Crippen molar-refractivity contribution in [2.75, 3.05) is 0 Å². The van der Waals surface area contributed by atoms with Gasteiger partial charge in [0.1, 0.15) is 5.75 Å². The van der Waals surface area contributed by atoms with Crippen LogP contribution in [0.4, 0.5) is 0 Å². The summed E-state index contributed by atoms with van der Waals surface area (Å²) in [6, 6.07) is 7.16. The van der Waals surface area contributed by atoms with Crippen LogP contribution in [-0.2, 0) is 21.5 Å². The van der Waals surface area contributed by atoms with Crippen molar-refractivity contribution in [1.82, 2.24) is 4.90 Å². The monoisotopic (exact) mass is 367 g/mol. The Hall–Kier alpha value is -1.56. The summed E-state index contributed by atoms with van der Waals surface area (Å²) in [5, 5.41) is -0.604. The Kier molecular flexibility index (Phi) is 6.49. The second-order valence-electron chi connectivity index (χ2n) is 7.12. The molecule has 1 aliphatic rings. The van der Waals surface area contributed by atoms with Gasteiger partial charge in [-0.15, -0.1) is 0 Å². The first-order valence-corrected chi connectivity index (χ1v) is 10.5. The average molecular weight is 368 g/mol. The third-order valence-electron chi connectivity index (χ3n) is 4.90. The highest BCUT2D eigenvalue weighted by Gasteiger charge is 2.31. The molecule has 0 spiro atoms. The summed E-state index contributed by atoms with van der Waals surface area (Å²) >= 11 is 0. The topological polar surface area (TPSA) is 63.7 Å². The van der Waals surface area contributed by atoms with Gasteiger partial charge < -0.3 is 9.08 Å². The molecule has 25 heavy (non-hydrogen) atoms. The van der Waals surface area contributed by atoms with Crippen LogP contribution in [0, 0.1) is 5.92 Å². The van der Waals surface area contributed by atoms with E-state index in [9.17, 15) is 13.2 Å². The molecule has 0 aromatic heterocycles. The van der Waals surface area contributed by atoms with Crippen molar-refractivity contribution in [3.05, 3.63) is 29.8 Å². The largest absolute Gasteiger partial charge is 0.382 e. The van der Waals surface area contributed by atoms with E-state index in [0.717, 1.165) is 31.2 Å². The van der Waals surface area contributed by atoms with Crippen molar-refractivity contribution < 1.29 is 17.4 Å². The van der Waals surface area contributed by atoms with Gasteiger partial charge >= 0.3 is 10.1 Å². The number of amides is 1. The number of rotatable bonds is 8. The lowest BCUT2D eigenvalue weighted by Crippen LogP contribution is -2.43. The summed E-state index contributed by atoms with van der Waals surface area (Å²) < 4.78 is 29.1. The van der Waals surface area contributed by atoms with Crippen molar-refractivity contribution in [3.63, 3.8) is 0 Å². The van der Waals surface area contributed by atoms with E-state index in [1.54, 1.807) is 32.0 Å². The molecular formula is C19H29NO4S. The number of carbonyl (C=O) groups is 1. The lowest BCUT2D eigenvalue weighted by Gasteiger charge is -2.35. The van der Waals surface area contributed by atoms with E-state index >= 15 is 0 Å². The molecule has 0 heterocycles. The minimum Gasteiger partial charge on any atom is -0.382 e. The SMILES string of the molecule is CC[C@@H](C)N(Cc1cccc(OS(=O)(=O)C(C)C)c1)C(=O)C1CCC1. The van der Waals surface area contributed by atoms with E-state index in [1.165, 1.54) is 0 Å². The molecule has 1 amide bonds. The molecular weight excluding hydrogens is 338 g/mol. The molecule has 0 unspecified atom stereocenters. The molecule has 0 aliphatic heterocycles. The van der Waals surface area contributed by atoms with E-state index in [0.29, 0.717) is 12.3 Å². The van der Waals surface area contributed by atoms with E-state index in [4.69, 9.17) is 4.18 Å². The molecule has 140 valence electrons. The van der Waals surface area contributed by atoms with Gasteiger partial charge in [-0.3, -0.25) is 4.79 Å². The number of nitrogens with zero attached hydrogens (tertiary/aromatic N) is 1. The molecule has 0 N–H and O–H groups in total. The van der Waals surface area contributed by atoms with Crippen LogP contribution < -0.4 is 4.18 Å². The predicted octanol–water partition coefficient (Wildman–Crippen LogP) is 3.73. The number of hydrogen-bond acceptors (Lipinski definition) is 4. The van der Waals surface area contributed by atoms with Crippen molar-refractivity contribution in [2.24, 2.45) is 5.92 Å². The van der Waals surface area contributed by atoms with Crippen molar-refractivity contribution in [2.45, 2.75) is 71.2 Å². The van der Waals surface area contributed by atoms with Crippen LogP contribution in [0.5, 0.6) is 5.75 Å². The summed E-state index contributed by atoms with van der Waals surface area (Å²) in [7, 11) is -3.62. The van der Waals surface area contributed by atoms with Crippen LogP contribution in [0.2, 0.25) is 0 Å². The Balaban J connectivity index is 2.16. The smallest absolute Gasteiger partial charge is 0.311 e. The normalized spacial score (nSPS) is 16.4. The summed E-state index contributed by atoms with van der Waals surface area (Å²) in [5.41, 5.74) is 0.879. The van der Waals surface area contributed by atoms with Crippen LogP contribution in [0.3, 0.4) is 0 Å². The van der Waals surface area contributed by atoms with Crippen molar-refractivity contribution in [3.8, 4) is 5.75 Å². The Morgan fingerprint density at radius 3 is 2.48 bits per heavy atom. The van der Waals surface area contributed by atoms with Gasteiger partial charge in [-0.2, -0.15) is 8.42 Å². The van der Waals surface area contributed by atoms with Crippen LogP contribution >= 0.6 is 0 Å². The average Bonchev–Trinajstić information content (AvgIpc) is 2.50. The maximum atomic E-state index is 12.7. The number of benzene rings is 1. The van der Waals surface area contributed by atoms with Crippen LogP contribution in [0.1, 0.15) is 58.9 Å². The zero-order valence-electron chi connectivity index (χ0n) is 15.6. The summed E-state index contributed by atoms with van der Waals surface area (Å²) in [6.45, 7) is 7.77. The van der Waals surface area contributed by atoms with Crippen LogP contribution in [0.25, 0.3) is 0 Å². The highest BCUT2D eigenvalue weighted by Crippen LogP contribution is 2.30. The maximum Gasteiger partial charge on any atom is 0.311 e. The van der Waals surface area contributed by atoms with Gasteiger partial charge in [0.05, 0.1) is 5.25 Å². The van der Waals surface area contributed by atoms with E-state index < -0.39 is 15.4 Å².